The van der Waals surface area contributed by atoms with Crippen molar-refractivity contribution in [3.05, 3.63) is 59.5 Å². The van der Waals surface area contributed by atoms with Gasteiger partial charge in [0, 0.05) is 24.5 Å². The maximum atomic E-state index is 14.8. The molecule has 0 aliphatic carbocycles. The average Bonchev–Trinajstić information content (AvgIpc) is 3.27. The van der Waals surface area contributed by atoms with Crippen LogP contribution in [0.3, 0.4) is 0 Å². The van der Waals surface area contributed by atoms with Crippen molar-refractivity contribution in [1.29, 1.82) is 0 Å². The number of aryl methyl sites for hydroxylation is 1. The van der Waals surface area contributed by atoms with Crippen molar-refractivity contribution >= 4 is 34.3 Å². The van der Waals surface area contributed by atoms with E-state index in [4.69, 9.17) is 14.2 Å². The summed E-state index contributed by atoms with van der Waals surface area (Å²) in [5.41, 5.74) is 2.64. The molecule has 0 spiro atoms. The number of pyridine rings is 1. The van der Waals surface area contributed by atoms with Gasteiger partial charge in [-0.15, -0.1) is 0 Å². The Balaban J connectivity index is 1.23. The molecule has 2 amide bonds. The van der Waals surface area contributed by atoms with Crippen LogP contribution in [0.2, 0.25) is 0 Å². The first-order valence-corrected chi connectivity index (χ1v) is 11.8. The molecule has 2 aliphatic heterocycles. The van der Waals surface area contributed by atoms with Crippen LogP contribution in [0.5, 0.6) is 5.75 Å². The second-order valence-corrected chi connectivity index (χ2v) is 8.74. The summed E-state index contributed by atoms with van der Waals surface area (Å²) >= 11 is 0. The van der Waals surface area contributed by atoms with Crippen LogP contribution in [-0.2, 0) is 9.47 Å². The van der Waals surface area contributed by atoms with Crippen LogP contribution in [0.4, 0.5) is 20.6 Å². The molecule has 0 unspecified atom stereocenters. The lowest BCUT2D eigenvalue weighted by Gasteiger charge is -2.29. The lowest BCUT2D eigenvalue weighted by molar-refractivity contribution is 0.0915. The first-order chi connectivity index (χ1) is 17.4. The van der Waals surface area contributed by atoms with Gasteiger partial charge < -0.3 is 24.4 Å². The van der Waals surface area contributed by atoms with Crippen LogP contribution in [0.25, 0.3) is 10.9 Å². The van der Waals surface area contributed by atoms with Gasteiger partial charge in [-0.25, -0.2) is 9.18 Å². The highest BCUT2D eigenvalue weighted by molar-refractivity contribution is 5.99. The number of amides is 2. The maximum absolute atomic E-state index is 14.8. The van der Waals surface area contributed by atoms with Gasteiger partial charge in [-0.3, -0.25) is 14.7 Å². The Morgan fingerprint density at radius 3 is 2.75 bits per heavy atom. The second kappa shape index (κ2) is 9.98. The number of fused-ring (bicyclic) bond motifs is 1. The van der Waals surface area contributed by atoms with Crippen molar-refractivity contribution in [2.45, 2.75) is 13.0 Å². The normalized spacial score (nSPS) is 17.9. The average molecular weight is 495 g/mol. The quantitative estimate of drug-likeness (QED) is 0.562. The SMILES string of the molecule is COc1ccc2cc(C(=O)NC[C@H]3CN(c4ccc(N5CCOCC5)c(F)c4)C(=O)O3)c(C)nc2c1. The molecule has 0 bridgehead atoms. The number of nitrogens with zero attached hydrogens (tertiary/aromatic N) is 3. The number of carbonyl (C=O) groups excluding carboxylic acids is 2. The Morgan fingerprint density at radius 2 is 2.00 bits per heavy atom. The molecule has 1 aromatic heterocycles. The third-order valence-corrected chi connectivity index (χ3v) is 6.42. The van der Waals surface area contributed by atoms with E-state index in [0.29, 0.717) is 54.7 Å². The molecule has 1 atom stereocenters. The number of aromatic nitrogens is 1. The number of hydrogen-bond acceptors (Lipinski definition) is 7. The molecular formula is C26H27FN4O5. The van der Waals surface area contributed by atoms with Crippen LogP contribution in [-0.4, -0.2) is 69.6 Å². The molecule has 36 heavy (non-hydrogen) atoms. The topological polar surface area (TPSA) is 93.2 Å². The van der Waals surface area contributed by atoms with Crippen molar-refractivity contribution in [1.82, 2.24) is 10.3 Å². The standard InChI is InChI=1S/C26H27FN4O5/c1-16-21(11-17-3-5-19(34-2)13-23(17)29-16)25(32)28-14-20-15-31(26(33)36-20)18-4-6-24(22(27)12-18)30-7-9-35-10-8-30/h3-6,11-13,20H,7-10,14-15H2,1-2H3,(H,28,32)/t20-/m0/s1. The molecule has 2 saturated heterocycles. The molecule has 10 heteroatoms. The summed E-state index contributed by atoms with van der Waals surface area (Å²) in [6.07, 6.45) is -1.15. The molecule has 9 nitrogen and oxygen atoms in total. The zero-order valence-corrected chi connectivity index (χ0v) is 20.1. The van der Waals surface area contributed by atoms with E-state index in [1.807, 2.05) is 23.1 Å². The van der Waals surface area contributed by atoms with Crippen LogP contribution in [0, 0.1) is 12.7 Å². The molecule has 2 fully saturated rings. The van der Waals surface area contributed by atoms with Crippen molar-refractivity contribution in [3.8, 4) is 5.75 Å². The Labute approximate surface area is 207 Å². The largest absolute Gasteiger partial charge is 0.497 e. The third-order valence-electron chi connectivity index (χ3n) is 6.42. The Bertz CT molecular complexity index is 1310. The highest BCUT2D eigenvalue weighted by Crippen LogP contribution is 2.28. The molecule has 0 saturated carbocycles. The molecule has 5 rings (SSSR count). The van der Waals surface area contributed by atoms with E-state index in [1.54, 1.807) is 32.2 Å². The number of halogens is 1. The van der Waals surface area contributed by atoms with Gasteiger partial charge >= 0.3 is 6.09 Å². The number of rotatable bonds is 6. The summed E-state index contributed by atoms with van der Waals surface area (Å²) in [5, 5.41) is 3.64. The number of hydrogen-bond donors (Lipinski definition) is 1. The Hall–Kier alpha value is -3.92. The number of cyclic esters (lactones) is 1. The summed E-state index contributed by atoms with van der Waals surface area (Å²) < 4.78 is 30.8. The molecular weight excluding hydrogens is 467 g/mol. The van der Waals surface area contributed by atoms with Crippen molar-refractivity contribution in [2.24, 2.45) is 0 Å². The Morgan fingerprint density at radius 1 is 1.19 bits per heavy atom. The fourth-order valence-electron chi connectivity index (χ4n) is 4.46. The highest BCUT2D eigenvalue weighted by Gasteiger charge is 2.33. The predicted octanol–water partition coefficient (Wildman–Crippen LogP) is 3.28. The lowest BCUT2D eigenvalue weighted by atomic mass is 10.1. The van der Waals surface area contributed by atoms with Gasteiger partial charge in [0.1, 0.15) is 17.7 Å². The summed E-state index contributed by atoms with van der Waals surface area (Å²) in [4.78, 5) is 33.1. The molecule has 1 N–H and O–H groups in total. The minimum atomic E-state index is -0.578. The molecule has 3 aromatic rings. The smallest absolute Gasteiger partial charge is 0.414 e. The van der Waals surface area contributed by atoms with Gasteiger partial charge in [-0.05, 0) is 43.3 Å². The molecule has 3 heterocycles. The first-order valence-electron chi connectivity index (χ1n) is 11.8. The highest BCUT2D eigenvalue weighted by atomic mass is 19.1. The van der Waals surface area contributed by atoms with Crippen LogP contribution in [0.15, 0.2) is 42.5 Å². The third kappa shape index (κ3) is 4.76. The van der Waals surface area contributed by atoms with E-state index >= 15 is 0 Å². The number of benzene rings is 2. The zero-order chi connectivity index (χ0) is 25.2. The number of morpholine rings is 1. The van der Waals surface area contributed by atoms with Crippen LogP contribution in [0.1, 0.15) is 16.1 Å². The van der Waals surface area contributed by atoms with Gasteiger partial charge in [0.25, 0.3) is 5.91 Å². The van der Waals surface area contributed by atoms with E-state index < -0.39 is 18.0 Å². The van der Waals surface area contributed by atoms with Crippen molar-refractivity contribution < 1.29 is 28.2 Å². The van der Waals surface area contributed by atoms with E-state index in [-0.39, 0.29) is 19.0 Å². The Kier molecular flexibility index (Phi) is 6.60. The van der Waals surface area contributed by atoms with Gasteiger partial charge in [-0.1, -0.05) is 0 Å². The maximum Gasteiger partial charge on any atom is 0.414 e. The van der Waals surface area contributed by atoms with Crippen molar-refractivity contribution in [3.63, 3.8) is 0 Å². The van der Waals surface area contributed by atoms with Crippen LogP contribution >= 0.6 is 0 Å². The monoisotopic (exact) mass is 494 g/mol. The fraction of sp³-hybridized carbons (Fsp3) is 0.346. The second-order valence-electron chi connectivity index (χ2n) is 8.74. The van der Waals surface area contributed by atoms with E-state index in [9.17, 15) is 14.0 Å². The fourth-order valence-corrected chi connectivity index (χ4v) is 4.46. The predicted molar refractivity (Wildman–Crippen MR) is 132 cm³/mol. The summed E-state index contributed by atoms with van der Waals surface area (Å²) in [7, 11) is 1.59. The number of nitrogens with one attached hydrogen (secondary N) is 1. The summed E-state index contributed by atoms with van der Waals surface area (Å²) in [5.74, 6) is -0.0289. The van der Waals surface area contributed by atoms with Gasteiger partial charge in [0.2, 0.25) is 0 Å². The lowest BCUT2D eigenvalue weighted by Crippen LogP contribution is -2.37. The minimum absolute atomic E-state index is 0.121. The number of ether oxygens (including phenoxy) is 3. The van der Waals surface area contributed by atoms with Gasteiger partial charge in [0.05, 0.1) is 61.6 Å². The molecule has 2 aromatic carbocycles. The number of methoxy groups -OCH3 is 1. The molecule has 188 valence electrons. The number of carbonyl (C=O) groups is 2. The van der Waals surface area contributed by atoms with E-state index in [1.165, 1.54) is 11.0 Å². The first kappa shape index (κ1) is 23.8. The minimum Gasteiger partial charge on any atom is -0.497 e. The van der Waals surface area contributed by atoms with E-state index in [2.05, 4.69) is 10.3 Å². The van der Waals surface area contributed by atoms with Crippen LogP contribution < -0.4 is 19.9 Å². The van der Waals surface area contributed by atoms with E-state index in [0.717, 1.165) is 10.9 Å². The molecule has 0 radical (unpaired) electrons. The summed E-state index contributed by atoms with van der Waals surface area (Å²) in [6, 6.07) is 12.0. The molecule has 2 aliphatic rings. The van der Waals surface area contributed by atoms with Gasteiger partial charge in [-0.2, -0.15) is 0 Å². The van der Waals surface area contributed by atoms with Crippen molar-refractivity contribution in [2.75, 3.05) is 56.3 Å². The van der Waals surface area contributed by atoms with Gasteiger partial charge in [0.15, 0.2) is 0 Å². The number of anilines is 2. The summed E-state index contributed by atoms with van der Waals surface area (Å²) in [6.45, 7) is 4.42. The zero-order valence-electron chi connectivity index (χ0n) is 20.1.